The summed E-state index contributed by atoms with van der Waals surface area (Å²) in [6.07, 6.45) is 0. The number of allylic oxidation sites excluding steroid dienone is 2. The first-order valence-corrected chi connectivity index (χ1v) is 8.02. The van der Waals surface area contributed by atoms with Crippen LogP contribution < -0.4 is 10.6 Å². The second-order valence-corrected chi connectivity index (χ2v) is 6.65. The Kier molecular flexibility index (Phi) is 3.08. The second kappa shape index (κ2) is 4.88. The molecule has 2 heterocycles. The van der Waals surface area contributed by atoms with Crippen LogP contribution in [0.25, 0.3) is 0 Å². The van der Waals surface area contributed by atoms with E-state index < -0.39 is 0 Å². The molecule has 0 amide bonds. The summed E-state index contributed by atoms with van der Waals surface area (Å²) < 4.78 is 0. The molecular weight excluding hydrogens is 332 g/mol. The van der Waals surface area contributed by atoms with Crippen molar-refractivity contribution in [3.8, 4) is 0 Å². The van der Waals surface area contributed by atoms with Gasteiger partial charge in [-0.3, -0.25) is 0 Å². The van der Waals surface area contributed by atoms with Gasteiger partial charge in [0.25, 0.3) is 0 Å². The Bertz CT molecular complexity index is 826. The van der Waals surface area contributed by atoms with Crippen molar-refractivity contribution < 1.29 is 0 Å². The summed E-state index contributed by atoms with van der Waals surface area (Å²) in [5.41, 5.74) is 6.90. The van der Waals surface area contributed by atoms with Crippen molar-refractivity contribution in [2.75, 3.05) is 10.6 Å². The molecule has 2 aromatic carbocycles. The highest BCUT2D eigenvalue weighted by Crippen LogP contribution is 2.37. The lowest BCUT2D eigenvalue weighted by Crippen LogP contribution is -2.11. The van der Waals surface area contributed by atoms with Gasteiger partial charge in [-0.15, -0.1) is 0 Å². The van der Waals surface area contributed by atoms with E-state index in [1.54, 1.807) is 0 Å². The average molecular weight is 343 g/mol. The molecule has 0 aliphatic carbocycles. The molecule has 0 atom stereocenters. The van der Waals surface area contributed by atoms with Crippen molar-refractivity contribution in [2.24, 2.45) is 0 Å². The summed E-state index contributed by atoms with van der Waals surface area (Å²) in [4.78, 5) is 1.54. The minimum atomic E-state index is 0.676. The molecule has 0 saturated carbocycles. The highest BCUT2D eigenvalue weighted by Gasteiger charge is 2.30. The molecule has 5 heteroatoms. The Balaban J connectivity index is 1.82. The Hall–Kier alpha value is -1.75. The van der Waals surface area contributed by atoms with E-state index in [0.717, 1.165) is 43.6 Å². The highest BCUT2D eigenvalue weighted by atomic mass is 35.5. The molecule has 0 radical (unpaired) electrons. The van der Waals surface area contributed by atoms with Crippen molar-refractivity contribution in [3.05, 3.63) is 69.5 Å². The van der Waals surface area contributed by atoms with Crippen LogP contribution in [-0.4, -0.2) is 9.73 Å². The summed E-state index contributed by atoms with van der Waals surface area (Å²) >= 11 is 17.3. The van der Waals surface area contributed by atoms with E-state index in [9.17, 15) is 0 Å². The number of halogens is 1. The first-order valence-electron chi connectivity index (χ1n) is 6.82. The lowest BCUT2D eigenvalue weighted by atomic mass is 10.1. The monoisotopic (exact) mass is 342 g/mol. The molecule has 4 rings (SSSR count). The van der Waals surface area contributed by atoms with Gasteiger partial charge in [-0.05, 0) is 37.3 Å². The van der Waals surface area contributed by atoms with Crippen LogP contribution in [0.1, 0.15) is 16.7 Å². The Labute approximate surface area is 144 Å². The Morgan fingerprint density at radius 1 is 0.818 bits per heavy atom. The first-order chi connectivity index (χ1) is 10.5. The van der Waals surface area contributed by atoms with E-state index in [1.165, 1.54) is 5.56 Å². The number of rotatable bonds is 0. The number of hydrogen-bond donors (Lipinski definition) is 2. The number of nitrogens with one attached hydrogen (secondary N) is 2. The fraction of sp³-hybridized carbons (Fsp3) is 0.0588. The van der Waals surface area contributed by atoms with Crippen LogP contribution in [0.5, 0.6) is 0 Å². The van der Waals surface area contributed by atoms with Gasteiger partial charge in [0.05, 0.1) is 21.1 Å². The SMILES string of the molecule is Cc1ccc2c(c1)C(=S)/C(=C1\Nc3ccc(Cl)cc3C1=S)N2. The largest absolute Gasteiger partial charge is 0.352 e. The maximum absolute atomic E-state index is 6.07. The van der Waals surface area contributed by atoms with E-state index in [1.807, 2.05) is 24.3 Å². The minimum absolute atomic E-state index is 0.676. The molecule has 0 aromatic heterocycles. The third-order valence-electron chi connectivity index (χ3n) is 3.87. The van der Waals surface area contributed by atoms with Crippen molar-refractivity contribution in [3.63, 3.8) is 0 Å². The van der Waals surface area contributed by atoms with Gasteiger partial charge >= 0.3 is 0 Å². The molecular formula is C17H11ClN2S2. The molecule has 108 valence electrons. The Morgan fingerprint density at radius 3 is 2.00 bits per heavy atom. The topological polar surface area (TPSA) is 24.1 Å². The Morgan fingerprint density at radius 2 is 1.36 bits per heavy atom. The van der Waals surface area contributed by atoms with Crippen LogP contribution in [0.3, 0.4) is 0 Å². The van der Waals surface area contributed by atoms with E-state index in [4.69, 9.17) is 36.0 Å². The molecule has 0 unspecified atom stereocenters. The summed E-state index contributed by atoms with van der Waals surface area (Å²) in [6, 6.07) is 11.9. The number of thiocarbonyl (C=S) groups is 2. The molecule has 2 N–H and O–H groups in total. The lowest BCUT2D eigenvalue weighted by molar-refractivity contribution is 1.46. The lowest BCUT2D eigenvalue weighted by Gasteiger charge is -2.06. The molecule has 0 spiro atoms. The molecule has 22 heavy (non-hydrogen) atoms. The highest BCUT2D eigenvalue weighted by molar-refractivity contribution is 7.82. The van der Waals surface area contributed by atoms with Crippen LogP contribution >= 0.6 is 36.0 Å². The fourth-order valence-corrected chi connectivity index (χ4v) is 3.59. The van der Waals surface area contributed by atoms with Gasteiger partial charge in [-0.25, -0.2) is 0 Å². The standard InChI is InChI=1S/C17H11ClN2S2/c1-8-2-4-12-10(6-8)16(21)14(19-12)15-17(22)11-7-9(18)3-5-13(11)20-15/h2-7,19-20H,1H3/b15-14+. The molecule has 0 bridgehead atoms. The van der Waals surface area contributed by atoms with Crippen molar-refractivity contribution in [1.82, 2.24) is 0 Å². The summed E-state index contributed by atoms with van der Waals surface area (Å²) in [5.74, 6) is 0. The number of hydrogen-bond acceptors (Lipinski definition) is 4. The third kappa shape index (κ3) is 1.99. The molecule has 2 aromatic rings. The maximum Gasteiger partial charge on any atom is 0.0829 e. The first kappa shape index (κ1) is 13.9. The maximum atomic E-state index is 6.07. The fourth-order valence-electron chi connectivity index (χ4n) is 2.77. The van der Waals surface area contributed by atoms with Crippen LogP contribution in [0.4, 0.5) is 11.4 Å². The van der Waals surface area contributed by atoms with Crippen LogP contribution in [0, 0.1) is 6.92 Å². The normalized spacial score (nSPS) is 18.8. The number of benzene rings is 2. The predicted octanol–water partition coefficient (Wildman–Crippen LogP) is 4.85. The van der Waals surface area contributed by atoms with Gasteiger partial charge in [-0.2, -0.15) is 0 Å². The van der Waals surface area contributed by atoms with Gasteiger partial charge in [-0.1, -0.05) is 47.7 Å². The predicted molar refractivity (Wildman–Crippen MR) is 100 cm³/mol. The van der Waals surface area contributed by atoms with Crippen LogP contribution in [0.2, 0.25) is 5.02 Å². The zero-order chi connectivity index (χ0) is 15.4. The quantitative estimate of drug-likeness (QED) is 0.528. The van der Waals surface area contributed by atoms with E-state index >= 15 is 0 Å². The molecule has 2 aliphatic heterocycles. The number of aryl methyl sites for hydroxylation is 1. The number of anilines is 2. The molecule has 0 fully saturated rings. The van der Waals surface area contributed by atoms with E-state index in [0.29, 0.717) is 5.02 Å². The second-order valence-electron chi connectivity index (χ2n) is 5.40. The van der Waals surface area contributed by atoms with E-state index in [-0.39, 0.29) is 0 Å². The van der Waals surface area contributed by atoms with Crippen LogP contribution in [0.15, 0.2) is 47.8 Å². The average Bonchev–Trinajstić information content (AvgIpc) is 2.98. The van der Waals surface area contributed by atoms with Crippen LogP contribution in [-0.2, 0) is 0 Å². The number of fused-ring (bicyclic) bond motifs is 2. The smallest absolute Gasteiger partial charge is 0.0829 e. The van der Waals surface area contributed by atoms with E-state index in [2.05, 4.69) is 29.7 Å². The summed E-state index contributed by atoms with van der Waals surface area (Å²) in [5, 5.41) is 7.43. The summed E-state index contributed by atoms with van der Waals surface area (Å²) in [6.45, 7) is 2.06. The van der Waals surface area contributed by atoms with Gasteiger partial charge in [0.1, 0.15) is 0 Å². The zero-order valence-electron chi connectivity index (χ0n) is 11.7. The minimum Gasteiger partial charge on any atom is -0.352 e. The summed E-state index contributed by atoms with van der Waals surface area (Å²) in [7, 11) is 0. The van der Waals surface area contributed by atoms with Crippen molar-refractivity contribution in [2.45, 2.75) is 6.92 Å². The van der Waals surface area contributed by atoms with Crippen molar-refractivity contribution >= 4 is 57.1 Å². The van der Waals surface area contributed by atoms with Gasteiger partial charge in [0.15, 0.2) is 0 Å². The molecule has 2 aliphatic rings. The van der Waals surface area contributed by atoms with Gasteiger partial charge in [0, 0.05) is 27.5 Å². The molecule has 2 nitrogen and oxygen atoms in total. The zero-order valence-corrected chi connectivity index (χ0v) is 14.0. The van der Waals surface area contributed by atoms with Crippen molar-refractivity contribution in [1.29, 1.82) is 0 Å². The van der Waals surface area contributed by atoms with Gasteiger partial charge < -0.3 is 10.6 Å². The van der Waals surface area contributed by atoms with Gasteiger partial charge in [0.2, 0.25) is 0 Å². The molecule has 0 saturated heterocycles. The third-order valence-corrected chi connectivity index (χ3v) is 4.95.